The van der Waals surface area contributed by atoms with Gasteiger partial charge >= 0.3 is 0 Å². The van der Waals surface area contributed by atoms with Gasteiger partial charge in [-0.3, -0.25) is 5.01 Å². The second kappa shape index (κ2) is 3.61. The molecule has 1 heterocycles. The van der Waals surface area contributed by atoms with E-state index in [1.54, 1.807) is 0 Å². The fourth-order valence-corrected chi connectivity index (χ4v) is 1.45. The first-order valence-electron chi connectivity index (χ1n) is 4.40. The van der Waals surface area contributed by atoms with Gasteiger partial charge < -0.3 is 0 Å². The zero-order chi connectivity index (χ0) is 9.14. The fourth-order valence-electron chi connectivity index (χ4n) is 1.45. The summed E-state index contributed by atoms with van der Waals surface area (Å²) in [4.78, 5) is 0. The number of allylic oxidation sites excluding steroid dienone is 2. The monoisotopic (exact) mass is 167 g/mol. The molecule has 0 saturated carbocycles. The van der Waals surface area contributed by atoms with E-state index >= 15 is 0 Å². The van der Waals surface area contributed by atoms with Gasteiger partial charge in [0.2, 0.25) is 0 Å². The zero-order valence-electron chi connectivity index (χ0n) is 8.33. The molecule has 0 amide bonds. The normalized spacial score (nSPS) is 17.7. The SMILES string of the molecule is CCCN1C(C)=CC(C)=NN1C. The van der Waals surface area contributed by atoms with Crippen LogP contribution in [0.3, 0.4) is 0 Å². The van der Waals surface area contributed by atoms with Gasteiger partial charge in [0.15, 0.2) is 0 Å². The Morgan fingerprint density at radius 2 is 2.08 bits per heavy atom. The molecule has 0 saturated heterocycles. The van der Waals surface area contributed by atoms with E-state index in [-0.39, 0.29) is 0 Å². The Balaban J connectivity index is 2.72. The lowest BCUT2D eigenvalue weighted by atomic mass is 10.3. The third kappa shape index (κ3) is 1.78. The highest BCUT2D eigenvalue weighted by Crippen LogP contribution is 2.12. The van der Waals surface area contributed by atoms with Gasteiger partial charge in [0.25, 0.3) is 0 Å². The molecule has 0 aromatic rings. The Morgan fingerprint density at radius 3 is 2.58 bits per heavy atom. The Kier molecular flexibility index (Phi) is 2.74. The minimum atomic E-state index is 1.04. The van der Waals surface area contributed by atoms with Crippen LogP contribution in [0.2, 0.25) is 0 Å². The van der Waals surface area contributed by atoms with Gasteiger partial charge in [0, 0.05) is 19.3 Å². The number of hydrogen-bond acceptors (Lipinski definition) is 3. The van der Waals surface area contributed by atoms with E-state index in [0.29, 0.717) is 0 Å². The van der Waals surface area contributed by atoms with Crippen molar-refractivity contribution in [3.8, 4) is 0 Å². The predicted octanol–water partition coefficient (Wildman–Crippen LogP) is 1.84. The van der Waals surface area contributed by atoms with Crippen molar-refractivity contribution >= 4 is 5.71 Å². The first kappa shape index (κ1) is 9.10. The average molecular weight is 167 g/mol. The van der Waals surface area contributed by atoms with Gasteiger partial charge in [-0.1, -0.05) is 6.92 Å². The summed E-state index contributed by atoms with van der Waals surface area (Å²) in [5.74, 6) is 0. The fraction of sp³-hybridized carbons (Fsp3) is 0.667. The maximum atomic E-state index is 4.33. The van der Waals surface area contributed by atoms with Gasteiger partial charge in [-0.25, -0.2) is 5.12 Å². The highest BCUT2D eigenvalue weighted by molar-refractivity contribution is 5.93. The smallest absolute Gasteiger partial charge is 0.0612 e. The zero-order valence-corrected chi connectivity index (χ0v) is 8.33. The second-order valence-electron chi connectivity index (χ2n) is 3.14. The van der Waals surface area contributed by atoms with Gasteiger partial charge in [-0.05, 0) is 26.3 Å². The summed E-state index contributed by atoms with van der Waals surface area (Å²) < 4.78 is 0. The molecule has 0 aromatic heterocycles. The van der Waals surface area contributed by atoms with Crippen molar-refractivity contribution in [1.29, 1.82) is 0 Å². The molecule has 0 N–H and O–H groups in total. The molecular weight excluding hydrogens is 150 g/mol. The third-order valence-electron chi connectivity index (χ3n) is 1.91. The summed E-state index contributed by atoms with van der Waals surface area (Å²) in [6.45, 7) is 7.34. The summed E-state index contributed by atoms with van der Waals surface area (Å²) >= 11 is 0. The third-order valence-corrected chi connectivity index (χ3v) is 1.91. The lowest BCUT2D eigenvalue weighted by Crippen LogP contribution is -2.38. The van der Waals surface area contributed by atoms with E-state index < -0.39 is 0 Å². The maximum Gasteiger partial charge on any atom is 0.0612 e. The van der Waals surface area contributed by atoms with E-state index in [4.69, 9.17) is 0 Å². The van der Waals surface area contributed by atoms with Crippen LogP contribution in [0.25, 0.3) is 0 Å². The van der Waals surface area contributed by atoms with Crippen molar-refractivity contribution in [3.63, 3.8) is 0 Å². The first-order valence-corrected chi connectivity index (χ1v) is 4.40. The first-order chi connectivity index (χ1) is 5.65. The molecule has 12 heavy (non-hydrogen) atoms. The highest BCUT2D eigenvalue weighted by atomic mass is 15.8. The molecule has 1 aliphatic heterocycles. The van der Waals surface area contributed by atoms with Crippen LogP contribution in [-0.2, 0) is 0 Å². The van der Waals surface area contributed by atoms with Crippen LogP contribution in [0.5, 0.6) is 0 Å². The summed E-state index contributed by atoms with van der Waals surface area (Å²) in [6, 6.07) is 0. The molecule has 0 bridgehead atoms. The van der Waals surface area contributed by atoms with Crippen LogP contribution < -0.4 is 0 Å². The predicted molar refractivity (Wildman–Crippen MR) is 51.6 cm³/mol. The molecule has 0 aliphatic carbocycles. The molecule has 1 rings (SSSR count). The molecule has 0 aromatic carbocycles. The number of hydrogen-bond donors (Lipinski definition) is 0. The van der Waals surface area contributed by atoms with Crippen molar-refractivity contribution in [1.82, 2.24) is 10.1 Å². The Morgan fingerprint density at radius 1 is 1.42 bits per heavy atom. The van der Waals surface area contributed by atoms with Crippen LogP contribution in [0.1, 0.15) is 27.2 Å². The Hall–Kier alpha value is -0.990. The quantitative estimate of drug-likeness (QED) is 0.625. The van der Waals surface area contributed by atoms with Crippen LogP contribution in [0.4, 0.5) is 0 Å². The number of hydrazone groups is 1. The minimum Gasteiger partial charge on any atom is -0.274 e. The lowest BCUT2D eigenvalue weighted by molar-refractivity contribution is 0.0362. The van der Waals surface area contributed by atoms with E-state index in [9.17, 15) is 0 Å². The number of nitrogens with zero attached hydrogens (tertiary/aromatic N) is 3. The summed E-state index contributed by atoms with van der Waals surface area (Å²) in [6.07, 6.45) is 3.25. The molecule has 0 fully saturated rings. The van der Waals surface area contributed by atoms with E-state index in [1.807, 2.05) is 19.1 Å². The molecule has 68 valence electrons. The Bertz CT molecular complexity index is 218. The standard InChI is InChI=1S/C9H17N3/c1-5-6-12-9(3)7-8(2)10-11(12)4/h7H,5-6H2,1-4H3. The van der Waals surface area contributed by atoms with Crippen molar-refractivity contribution in [2.24, 2.45) is 5.10 Å². The number of rotatable bonds is 2. The molecule has 1 aliphatic rings. The highest BCUT2D eigenvalue weighted by Gasteiger charge is 2.12. The van der Waals surface area contributed by atoms with Gasteiger partial charge in [0.05, 0.1) is 5.71 Å². The van der Waals surface area contributed by atoms with Crippen LogP contribution >= 0.6 is 0 Å². The van der Waals surface area contributed by atoms with Gasteiger partial charge in [-0.15, -0.1) is 0 Å². The largest absolute Gasteiger partial charge is 0.274 e. The maximum absolute atomic E-state index is 4.33. The van der Waals surface area contributed by atoms with Crippen LogP contribution in [-0.4, -0.2) is 29.4 Å². The summed E-state index contributed by atoms with van der Waals surface area (Å²) in [5.41, 5.74) is 2.34. The van der Waals surface area contributed by atoms with E-state index in [0.717, 1.165) is 18.7 Å². The van der Waals surface area contributed by atoms with Crippen molar-refractivity contribution in [2.75, 3.05) is 13.6 Å². The van der Waals surface area contributed by atoms with E-state index in [1.165, 1.54) is 5.70 Å². The van der Waals surface area contributed by atoms with E-state index in [2.05, 4.69) is 30.0 Å². The van der Waals surface area contributed by atoms with Crippen molar-refractivity contribution in [2.45, 2.75) is 27.2 Å². The average Bonchev–Trinajstić information content (AvgIpc) is 1.96. The lowest BCUT2D eigenvalue weighted by Gasteiger charge is -2.34. The van der Waals surface area contributed by atoms with Crippen LogP contribution in [0.15, 0.2) is 16.9 Å². The molecule has 3 heteroatoms. The molecule has 0 radical (unpaired) electrons. The number of hydrazine groups is 1. The topological polar surface area (TPSA) is 18.8 Å². The van der Waals surface area contributed by atoms with Gasteiger partial charge in [0.1, 0.15) is 0 Å². The summed E-state index contributed by atoms with van der Waals surface area (Å²) in [7, 11) is 1.98. The molecule has 0 spiro atoms. The Labute approximate surface area is 74.3 Å². The molecular formula is C9H17N3. The van der Waals surface area contributed by atoms with Gasteiger partial charge in [-0.2, -0.15) is 5.10 Å². The van der Waals surface area contributed by atoms with Crippen molar-refractivity contribution < 1.29 is 0 Å². The minimum absolute atomic E-state index is 1.04. The van der Waals surface area contributed by atoms with Crippen molar-refractivity contribution in [3.05, 3.63) is 11.8 Å². The molecule has 0 atom stereocenters. The summed E-state index contributed by atoms with van der Waals surface area (Å²) in [5, 5.41) is 8.42. The van der Waals surface area contributed by atoms with Crippen LogP contribution in [0, 0.1) is 0 Å². The second-order valence-corrected chi connectivity index (χ2v) is 3.14. The molecule has 0 unspecified atom stereocenters. The molecule has 3 nitrogen and oxygen atoms in total.